The zero-order valence-electron chi connectivity index (χ0n) is 16.4. The highest BCUT2D eigenvalue weighted by atomic mass is 16.5. The first-order chi connectivity index (χ1) is 11.7. The van der Waals surface area contributed by atoms with E-state index in [2.05, 4.69) is 29.6 Å². The number of nitrogens with zero attached hydrogens (tertiary/aromatic N) is 1. The highest BCUT2D eigenvalue weighted by Gasteiger charge is 2.15. The van der Waals surface area contributed by atoms with Crippen LogP contribution >= 0.6 is 0 Å². The van der Waals surface area contributed by atoms with Gasteiger partial charge in [-0.15, -0.1) is 0 Å². The molecule has 0 saturated carbocycles. The number of hydrogen-bond acceptors (Lipinski definition) is 5. The third-order valence-corrected chi connectivity index (χ3v) is 3.25. The molecule has 0 atom stereocenters. The van der Waals surface area contributed by atoms with Crippen molar-refractivity contribution in [1.82, 2.24) is 15.5 Å². The van der Waals surface area contributed by atoms with E-state index in [0.29, 0.717) is 18.1 Å². The summed E-state index contributed by atoms with van der Waals surface area (Å²) in [5.74, 6) is 1.10. The molecule has 0 radical (unpaired) electrons. The van der Waals surface area contributed by atoms with Crippen molar-refractivity contribution in [3.05, 3.63) is 23.8 Å². The van der Waals surface area contributed by atoms with Gasteiger partial charge in [0.05, 0.1) is 6.61 Å². The van der Waals surface area contributed by atoms with E-state index >= 15 is 0 Å². The van der Waals surface area contributed by atoms with E-state index in [1.165, 1.54) is 0 Å². The molecule has 0 heterocycles. The van der Waals surface area contributed by atoms with Gasteiger partial charge in [0, 0.05) is 25.2 Å². The van der Waals surface area contributed by atoms with E-state index < -0.39 is 0 Å². The van der Waals surface area contributed by atoms with Gasteiger partial charge >= 0.3 is 0 Å². The standard InChI is InChI=1S/C19H33N3O3/c1-7-24-17-12-15(13-20-10-11-22(5)6)8-9-16(17)25-14-18(23)21-19(2,3)4/h8-9,12,20H,7,10-11,13-14H2,1-6H3,(H,21,23). The van der Waals surface area contributed by atoms with Crippen molar-refractivity contribution in [3.63, 3.8) is 0 Å². The Morgan fingerprint density at radius 2 is 1.88 bits per heavy atom. The average Bonchev–Trinajstić information content (AvgIpc) is 2.49. The molecule has 0 spiro atoms. The first-order valence-electron chi connectivity index (χ1n) is 8.76. The Labute approximate surface area is 151 Å². The van der Waals surface area contributed by atoms with Crippen molar-refractivity contribution in [2.75, 3.05) is 40.4 Å². The predicted molar refractivity (Wildman–Crippen MR) is 101 cm³/mol. The summed E-state index contributed by atoms with van der Waals surface area (Å²) >= 11 is 0. The lowest BCUT2D eigenvalue weighted by Gasteiger charge is -2.21. The fourth-order valence-electron chi connectivity index (χ4n) is 2.18. The van der Waals surface area contributed by atoms with Gasteiger partial charge in [0.25, 0.3) is 5.91 Å². The van der Waals surface area contributed by atoms with Crippen molar-refractivity contribution in [1.29, 1.82) is 0 Å². The summed E-state index contributed by atoms with van der Waals surface area (Å²) in [6.07, 6.45) is 0. The maximum atomic E-state index is 11.9. The van der Waals surface area contributed by atoms with Gasteiger partial charge in [-0.2, -0.15) is 0 Å². The van der Waals surface area contributed by atoms with E-state index in [-0.39, 0.29) is 18.1 Å². The number of amides is 1. The van der Waals surface area contributed by atoms with E-state index in [0.717, 1.165) is 25.2 Å². The monoisotopic (exact) mass is 351 g/mol. The van der Waals surface area contributed by atoms with Gasteiger partial charge in [0.1, 0.15) is 0 Å². The minimum Gasteiger partial charge on any atom is -0.490 e. The third-order valence-electron chi connectivity index (χ3n) is 3.25. The number of carbonyl (C=O) groups is 1. The van der Waals surface area contributed by atoms with Crippen LogP contribution in [0.2, 0.25) is 0 Å². The fraction of sp³-hybridized carbons (Fsp3) is 0.632. The second-order valence-corrected chi connectivity index (χ2v) is 7.28. The van der Waals surface area contributed by atoms with Crippen LogP contribution < -0.4 is 20.1 Å². The number of hydrogen-bond donors (Lipinski definition) is 2. The van der Waals surface area contributed by atoms with E-state index in [1.54, 1.807) is 0 Å². The molecule has 0 unspecified atom stereocenters. The van der Waals surface area contributed by atoms with Gasteiger partial charge < -0.3 is 25.0 Å². The zero-order chi connectivity index (χ0) is 18.9. The molecule has 6 nitrogen and oxygen atoms in total. The maximum absolute atomic E-state index is 11.9. The Hall–Kier alpha value is -1.79. The lowest BCUT2D eigenvalue weighted by molar-refractivity contribution is -0.124. The molecular weight excluding hydrogens is 318 g/mol. The molecule has 0 saturated heterocycles. The number of ether oxygens (including phenoxy) is 2. The first kappa shape index (κ1) is 21.3. The van der Waals surface area contributed by atoms with Crippen molar-refractivity contribution in [2.24, 2.45) is 0 Å². The van der Waals surface area contributed by atoms with Crippen molar-refractivity contribution in [2.45, 2.75) is 39.8 Å². The maximum Gasteiger partial charge on any atom is 0.258 e. The second-order valence-electron chi connectivity index (χ2n) is 7.28. The molecule has 6 heteroatoms. The van der Waals surface area contributed by atoms with Crippen LogP contribution in [0.15, 0.2) is 18.2 Å². The topological polar surface area (TPSA) is 62.8 Å². The van der Waals surface area contributed by atoms with E-state index in [4.69, 9.17) is 9.47 Å². The largest absolute Gasteiger partial charge is 0.490 e. The lowest BCUT2D eigenvalue weighted by Crippen LogP contribution is -2.43. The smallest absolute Gasteiger partial charge is 0.258 e. The molecule has 0 fully saturated rings. The van der Waals surface area contributed by atoms with Crippen LogP contribution in [0.4, 0.5) is 0 Å². The quantitative estimate of drug-likeness (QED) is 0.632. The van der Waals surface area contributed by atoms with E-state index in [1.807, 2.05) is 45.9 Å². The summed E-state index contributed by atoms with van der Waals surface area (Å²) in [5, 5.41) is 6.27. The zero-order valence-corrected chi connectivity index (χ0v) is 16.4. The van der Waals surface area contributed by atoms with Crippen LogP contribution in [0.5, 0.6) is 11.5 Å². The molecule has 0 aromatic heterocycles. The second kappa shape index (κ2) is 10.3. The molecule has 1 amide bonds. The molecule has 142 valence electrons. The van der Waals surface area contributed by atoms with E-state index in [9.17, 15) is 4.79 Å². The van der Waals surface area contributed by atoms with Crippen LogP contribution in [-0.4, -0.2) is 56.7 Å². The SMILES string of the molecule is CCOc1cc(CNCCN(C)C)ccc1OCC(=O)NC(C)(C)C. The van der Waals surface area contributed by atoms with Gasteiger partial charge in [-0.1, -0.05) is 6.07 Å². The Morgan fingerprint density at radius 3 is 2.48 bits per heavy atom. The molecule has 0 aliphatic carbocycles. The summed E-state index contributed by atoms with van der Waals surface area (Å²) in [6, 6.07) is 5.81. The first-order valence-corrected chi connectivity index (χ1v) is 8.76. The highest BCUT2D eigenvalue weighted by Crippen LogP contribution is 2.28. The Bertz CT molecular complexity index is 539. The van der Waals surface area contributed by atoms with Gasteiger partial charge in [-0.25, -0.2) is 0 Å². The summed E-state index contributed by atoms with van der Waals surface area (Å²) in [7, 11) is 4.10. The molecule has 0 aliphatic rings. The normalized spacial score (nSPS) is 11.5. The molecule has 0 bridgehead atoms. The van der Waals surface area contributed by atoms with Crippen molar-refractivity contribution >= 4 is 5.91 Å². The minimum absolute atomic E-state index is 0.0300. The van der Waals surface area contributed by atoms with Gasteiger partial charge in [0.2, 0.25) is 0 Å². The highest BCUT2D eigenvalue weighted by molar-refractivity contribution is 5.78. The molecular formula is C19H33N3O3. The van der Waals surface area contributed by atoms with Crippen LogP contribution in [0.25, 0.3) is 0 Å². The molecule has 25 heavy (non-hydrogen) atoms. The number of nitrogens with one attached hydrogen (secondary N) is 2. The molecule has 1 aromatic rings. The summed E-state index contributed by atoms with van der Waals surface area (Å²) in [5.41, 5.74) is 0.847. The summed E-state index contributed by atoms with van der Waals surface area (Å²) in [6.45, 7) is 10.9. The minimum atomic E-state index is -0.273. The third kappa shape index (κ3) is 9.31. The predicted octanol–water partition coefficient (Wildman–Crippen LogP) is 2.03. The average molecular weight is 351 g/mol. The fourth-order valence-corrected chi connectivity index (χ4v) is 2.18. The Balaban J connectivity index is 2.62. The number of carbonyl (C=O) groups excluding carboxylic acids is 1. The van der Waals surface area contributed by atoms with Crippen LogP contribution in [0.1, 0.15) is 33.3 Å². The molecule has 2 N–H and O–H groups in total. The van der Waals surface area contributed by atoms with Crippen molar-refractivity contribution < 1.29 is 14.3 Å². The van der Waals surface area contributed by atoms with Crippen molar-refractivity contribution in [3.8, 4) is 11.5 Å². The number of benzene rings is 1. The van der Waals surface area contributed by atoms with Crippen LogP contribution in [0.3, 0.4) is 0 Å². The molecule has 1 aromatic carbocycles. The van der Waals surface area contributed by atoms with Crippen LogP contribution in [-0.2, 0) is 11.3 Å². The van der Waals surface area contributed by atoms with Gasteiger partial charge in [-0.05, 0) is 59.5 Å². The lowest BCUT2D eigenvalue weighted by atomic mass is 10.1. The summed E-state index contributed by atoms with van der Waals surface area (Å²) in [4.78, 5) is 14.0. The number of likely N-dealkylation sites (N-methyl/N-ethyl adjacent to an activating group) is 1. The molecule has 0 aliphatic heterocycles. The Kier molecular flexibility index (Phi) is 8.72. The van der Waals surface area contributed by atoms with Gasteiger partial charge in [0.15, 0.2) is 18.1 Å². The molecule has 1 rings (SSSR count). The summed E-state index contributed by atoms with van der Waals surface area (Å²) < 4.78 is 11.3. The Morgan fingerprint density at radius 1 is 1.16 bits per heavy atom. The van der Waals surface area contributed by atoms with Crippen LogP contribution in [0, 0.1) is 0 Å². The van der Waals surface area contributed by atoms with Gasteiger partial charge in [-0.3, -0.25) is 4.79 Å². The number of rotatable bonds is 10.